The molecule has 0 heterocycles. The highest BCUT2D eigenvalue weighted by Crippen LogP contribution is 2.44. The number of phenolic OH excluding ortho intramolecular Hbond substituents is 3. The van der Waals surface area contributed by atoms with Crippen molar-refractivity contribution in [2.24, 2.45) is 0 Å². The highest BCUT2D eigenvalue weighted by molar-refractivity contribution is 6.19. The molecule has 8 nitrogen and oxygen atoms in total. The second-order valence-electron chi connectivity index (χ2n) is 5.38. The molecule has 8 heteroatoms. The van der Waals surface area contributed by atoms with Gasteiger partial charge in [0.15, 0.2) is 11.5 Å². The van der Waals surface area contributed by atoms with E-state index >= 15 is 0 Å². The lowest BCUT2D eigenvalue weighted by Crippen LogP contribution is -2.14. The van der Waals surface area contributed by atoms with Crippen LogP contribution in [0.5, 0.6) is 28.7 Å². The summed E-state index contributed by atoms with van der Waals surface area (Å²) in [4.78, 5) is 25.2. The van der Waals surface area contributed by atoms with Crippen LogP contribution in [-0.4, -0.2) is 48.4 Å². The van der Waals surface area contributed by atoms with Crippen molar-refractivity contribution in [3.8, 4) is 28.7 Å². The molecule has 0 aliphatic carbocycles. The van der Waals surface area contributed by atoms with E-state index in [1.165, 1.54) is 26.4 Å². The van der Waals surface area contributed by atoms with Crippen LogP contribution in [-0.2, 0) is 4.74 Å². The summed E-state index contributed by atoms with van der Waals surface area (Å²) in [6.07, 6.45) is 0. The van der Waals surface area contributed by atoms with Crippen LogP contribution in [0.1, 0.15) is 31.8 Å². The molecule has 0 amide bonds. The molecule has 0 saturated carbocycles. The smallest absolute Gasteiger partial charge is 0.338 e. The number of methoxy groups -OCH3 is 3. The molecule has 2 aromatic carbocycles. The Hall–Kier alpha value is -3.42. The van der Waals surface area contributed by atoms with Crippen LogP contribution in [0, 0.1) is 6.92 Å². The number of aryl methyl sites for hydroxylation is 1. The summed E-state index contributed by atoms with van der Waals surface area (Å²) in [7, 11) is 3.56. The van der Waals surface area contributed by atoms with Gasteiger partial charge < -0.3 is 29.5 Å². The highest BCUT2D eigenvalue weighted by atomic mass is 16.5. The van der Waals surface area contributed by atoms with E-state index in [-0.39, 0.29) is 22.6 Å². The van der Waals surface area contributed by atoms with E-state index in [1.54, 1.807) is 6.92 Å². The van der Waals surface area contributed by atoms with Gasteiger partial charge in [-0.1, -0.05) is 0 Å². The average molecular weight is 362 g/mol. The summed E-state index contributed by atoms with van der Waals surface area (Å²) in [5, 5.41) is 30.3. The number of hydrogen-bond acceptors (Lipinski definition) is 8. The first kappa shape index (κ1) is 18.9. The molecule has 3 N–H and O–H groups in total. The lowest BCUT2D eigenvalue weighted by molar-refractivity contribution is 0.0596. The molecule has 0 aliphatic heterocycles. The minimum absolute atomic E-state index is 0.186. The normalized spacial score (nSPS) is 10.3. The molecule has 0 atom stereocenters. The maximum Gasteiger partial charge on any atom is 0.338 e. The Balaban J connectivity index is 2.87. The number of phenols is 3. The first-order chi connectivity index (χ1) is 12.3. The van der Waals surface area contributed by atoms with E-state index in [0.717, 1.165) is 13.2 Å². The fourth-order valence-electron chi connectivity index (χ4n) is 2.62. The molecule has 2 aromatic rings. The molecule has 138 valence electrons. The Labute approximate surface area is 149 Å². The second kappa shape index (κ2) is 7.22. The number of carbonyl (C=O) groups excluding carboxylic acids is 2. The van der Waals surface area contributed by atoms with Gasteiger partial charge in [0, 0.05) is 0 Å². The number of ketones is 1. The van der Waals surface area contributed by atoms with Crippen LogP contribution in [0.25, 0.3) is 0 Å². The van der Waals surface area contributed by atoms with Gasteiger partial charge in [0.05, 0.1) is 32.5 Å². The Morgan fingerprint density at radius 3 is 1.81 bits per heavy atom. The van der Waals surface area contributed by atoms with E-state index in [2.05, 4.69) is 4.74 Å². The van der Waals surface area contributed by atoms with E-state index in [9.17, 15) is 24.9 Å². The van der Waals surface area contributed by atoms with Gasteiger partial charge in [-0.3, -0.25) is 4.79 Å². The fraction of sp³-hybridized carbons (Fsp3) is 0.222. The molecule has 0 bridgehead atoms. The molecular formula is C18H18O8. The number of carbonyl (C=O) groups is 2. The largest absolute Gasteiger partial charge is 0.507 e. The predicted molar refractivity (Wildman–Crippen MR) is 90.5 cm³/mol. The predicted octanol–water partition coefficient (Wildman–Crippen LogP) is 2.15. The van der Waals surface area contributed by atoms with Gasteiger partial charge in [-0.25, -0.2) is 4.79 Å². The fourth-order valence-corrected chi connectivity index (χ4v) is 2.62. The first-order valence-electron chi connectivity index (χ1n) is 7.40. The van der Waals surface area contributed by atoms with E-state index in [4.69, 9.17) is 9.47 Å². The molecule has 0 saturated heterocycles. The topological polar surface area (TPSA) is 123 Å². The zero-order chi connectivity index (χ0) is 19.6. The monoisotopic (exact) mass is 362 g/mol. The SMILES string of the molecule is COC(=O)c1cc(O)c(OC)c(OC)c1C(=O)c1c(O)cc(C)cc1O. The van der Waals surface area contributed by atoms with Gasteiger partial charge in [-0.05, 0) is 30.7 Å². The Morgan fingerprint density at radius 2 is 1.35 bits per heavy atom. The van der Waals surface area contributed by atoms with Crippen molar-refractivity contribution in [3.05, 3.63) is 40.5 Å². The molecule has 0 radical (unpaired) electrons. The van der Waals surface area contributed by atoms with Gasteiger partial charge in [0.1, 0.15) is 17.1 Å². The molecule has 0 fully saturated rings. The number of hydrogen-bond donors (Lipinski definition) is 3. The number of ether oxygens (including phenoxy) is 3. The minimum Gasteiger partial charge on any atom is -0.507 e. The van der Waals surface area contributed by atoms with Gasteiger partial charge in [-0.15, -0.1) is 0 Å². The van der Waals surface area contributed by atoms with Crippen LogP contribution in [0.15, 0.2) is 18.2 Å². The molecule has 0 unspecified atom stereocenters. The van der Waals surface area contributed by atoms with Crippen molar-refractivity contribution in [2.45, 2.75) is 6.92 Å². The molecular weight excluding hydrogens is 344 g/mol. The Kier molecular flexibility index (Phi) is 5.25. The standard InChI is InChI=1S/C18H18O8/c1-8-5-10(19)14(11(20)6-8)15(22)13-9(18(23)26-4)7-12(21)16(24-2)17(13)25-3/h5-7,19-21H,1-4H3. The molecule has 26 heavy (non-hydrogen) atoms. The summed E-state index contributed by atoms with van der Waals surface area (Å²) in [5.41, 5.74) is -0.540. The Bertz CT molecular complexity index is 862. The molecule has 0 aromatic heterocycles. The van der Waals surface area contributed by atoms with Crippen LogP contribution in [0.3, 0.4) is 0 Å². The third-order valence-electron chi connectivity index (χ3n) is 3.73. The maximum atomic E-state index is 13.1. The van der Waals surface area contributed by atoms with Crippen molar-refractivity contribution in [3.63, 3.8) is 0 Å². The highest BCUT2D eigenvalue weighted by Gasteiger charge is 2.31. The van der Waals surface area contributed by atoms with Crippen molar-refractivity contribution in [1.29, 1.82) is 0 Å². The third-order valence-corrected chi connectivity index (χ3v) is 3.73. The van der Waals surface area contributed by atoms with Crippen molar-refractivity contribution >= 4 is 11.8 Å². The quantitative estimate of drug-likeness (QED) is 0.546. The van der Waals surface area contributed by atoms with Gasteiger partial charge in [0.25, 0.3) is 0 Å². The summed E-state index contributed by atoms with van der Waals surface area (Å²) < 4.78 is 14.8. The first-order valence-corrected chi connectivity index (χ1v) is 7.40. The lowest BCUT2D eigenvalue weighted by Gasteiger charge is -2.17. The number of esters is 1. The van der Waals surface area contributed by atoms with E-state index < -0.39 is 34.6 Å². The minimum atomic E-state index is -0.921. The summed E-state index contributed by atoms with van der Waals surface area (Å²) in [6.45, 7) is 1.62. The maximum absolute atomic E-state index is 13.1. The van der Waals surface area contributed by atoms with Crippen molar-refractivity contribution < 1.29 is 39.1 Å². The third kappa shape index (κ3) is 3.08. The zero-order valence-corrected chi connectivity index (χ0v) is 14.6. The van der Waals surface area contributed by atoms with Crippen molar-refractivity contribution in [1.82, 2.24) is 0 Å². The van der Waals surface area contributed by atoms with E-state index in [0.29, 0.717) is 5.56 Å². The summed E-state index contributed by atoms with van der Waals surface area (Å²) in [5.74, 6) is -3.65. The van der Waals surface area contributed by atoms with Crippen LogP contribution >= 0.6 is 0 Å². The summed E-state index contributed by atoms with van der Waals surface area (Å²) in [6, 6.07) is 3.56. The second-order valence-corrected chi connectivity index (χ2v) is 5.38. The van der Waals surface area contributed by atoms with Crippen LogP contribution in [0.2, 0.25) is 0 Å². The number of aromatic hydroxyl groups is 3. The lowest BCUT2D eigenvalue weighted by atomic mass is 9.94. The van der Waals surface area contributed by atoms with Crippen molar-refractivity contribution in [2.75, 3.05) is 21.3 Å². The Morgan fingerprint density at radius 1 is 0.808 bits per heavy atom. The molecule has 0 spiro atoms. The van der Waals surface area contributed by atoms with Gasteiger partial charge in [0.2, 0.25) is 11.5 Å². The zero-order valence-electron chi connectivity index (χ0n) is 14.6. The van der Waals surface area contributed by atoms with Gasteiger partial charge >= 0.3 is 5.97 Å². The number of benzene rings is 2. The molecule has 0 aliphatic rings. The van der Waals surface area contributed by atoms with Crippen LogP contribution < -0.4 is 9.47 Å². The number of rotatable bonds is 5. The summed E-state index contributed by atoms with van der Waals surface area (Å²) >= 11 is 0. The molecule has 2 rings (SSSR count). The average Bonchev–Trinajstić information content (AvgIpc) is 2.58. The van der Waals surface area contributed by atoms with E-state index in [1.807, 2.05) is 0 Å². The van der Waals surface area contributed by atoms with Gasteiger partial charge in [-0.2, -0.15) is 0 Å². The van der Waals surface area contributed by atoms with Crippen LogP contribution in [0.4, 0.5) is 0 Å².